The fourth-order valence-electron chi connectivity index (χ4n) is 2.40. The lowest BCUT2D eigenvalue weighted by Gasteiger charge is -2.13. The predicted molar refractivity (Wildman–Crippen MR) is 90.9 cm³/mol. The van der Waals surface area contributed by atoms with Gasteiger partial charge < -0.3 is 10.4 Å². The Morgan fingerprint density at radius 3 is 2.30 bits per heavy atom. The molecule has 0 bridgehead atoms. The monoisotopic (exact) mass is 311 g/mol. The van der Waals surface area contributed by atoms with E-state index in [1.165, 1.54) is 0 Å². The number of carbonyl (C=O) groups excluding carboxylic acids is 1. The second-order valence-electron chi connectivity index (χ2n) is 5.79. The summed E-state index contributed by atoms with van der Waals surface area (Å²) in [4.78, 5) is 22.9. The number of hydrogen-bond donors (Lipinski definition) is 2. The van der Waals surface area contributed by atoms with Crippen LogP contribution >= 0.6 is 0 Å². The number of carboxylic acid groups (broad SMARTS) is 1. The number of hydrogen-bond acceptors (Lipinski definition) is 2. The van der Waals surface area contributed by atoms with Crippen LogP contribution in [0, 0.1) is 0 Å². The number of aryl methyl sites for hydroxylation is 1. The van der Waals surface area contributed by atoms with Gasteiger partial charge in [0.2, 0.25) is 5.91 Å². The third-order valence-electron chi connectivity index (χ3n) is 3.70. The smallest absolute Gasteiger partial charge is 0.335 e. The number of para-hydroxylation sites is 1. The van der Waals surface area contributed by atoms with E-state index in [2.05, 4.69) is 19.2 Å². The average molecular weight is 311 g/mol. The highest BCUT2D eigenvalue weighted by Gasteiger charge is 2.09. The van der Waals surface area contributed by atoms with E-state index in [1.807, 2.05) is 24.3 Å². The largest absolute Gasteiger partial charge is 0.478 e. The van der Waals surface area contributed by atoms with Gasteiger partial charge in [0.15, 0.2) is 0 Å². The van der Waals surface area contributed by atoms with Crippen LogP contribution in [0.4, 0.5) is 5.69 Å². The molecule has 0 aliphatic carbocycles. The van der Waals surface area contributed by atoms with Gasteiger partial charge in [-0.3, -0.25) is 4.79 Å². The van der Waals surface area contributed by atoms with Crippen LogP contribution in [0.2, 0.25) is 0 Å². The lowest BCUT2D eigenvalue weighted by molar-refractivity contribution is -0.116. The highest BCUT2D eigenvalue weighted by molar-refractivity contribution is 5.91. The normalized spacial score (nSPS) is 10.6. The first-order chi connectivity index (χ1) is 11.0. The number of carbonyl (C=O) groups is 2. The van der Waals surface area contributed by atoms with Crippen molar-refractivity contribution in [3.63, 3.8) is 0 Å². The Morgan fingerprint density at radius 2 is 1.70 bits per heavy atom. The average Bonchev–Trinajstić information content (AvgIpc) is 2.53. The molecule has 0 saturated carbocycles. The molecule has 2 aromatic carbocycles. The minimum absolute atomic E-state index is 0.0413. The van der Waals surface area contributed by atoms with Crippen molar-refractivity contribution < 1.29 is 14.7 Å². The van der Waals surface area contributed by atoms with Crippen LogP contribution in [0.25, 0.3) is 0 Å². The Morgan fingerprint density at radius 1 is 1.04 bits per heavy atom. The molecule has 0 spiro atoms. The second kappa shape index (κ2) is 7.58. The second-order valence-corrected chi connectivity index (χ2v) is 5.79. The minimum atomic E-state index is -0.945. The molecule has 0 aliphatic rings. The third kappa shape index (κ3) is 4.68. The van der Waals surface area contributed by atoms with E-state index in [9.17, 15) is 9.59 Å². The van der Waals surface area contributed by atoms with E-state index < -0.39 is 5.97 Å². The van der Waals surface area contributed by atoms with Gasteiger partial charge in [0, 0.05) is 12.1 Å². The lowest BCUT2D eigenvalue weighted by atomic mass is 10.0. The number of nitrogens with one attached hydrogen (secondary N) is 1. The van der Waals surface area contributed by atoms with E-state index in [4.69, 9.17) is 5.11 Å². The number of aromatic carboxylic acids is 1. The Labute approximate surface area is 136 Å². The van der Waals surface area contributed by atoms with Gasteiger partial charge in [-0.25, -0.2) is 4.79 Å². The van der Waals surface area contributed by atoms with E-state index in [-0.39, 0.29) is 11.5 Å². The van der Waals surface area contributed by atoms with Gasteiger partial charge in [-0.05, 0) is 41.7 Å². The van der Waals surface area contributed by atoms with E-state index >= 15 is 0 Å². The van der Waals surface area contributed by atoms with Crippen molar-refractivity contribution in [2.45, 2.75) is 32.6 Å². The number of amides is 1. The molecule has 0 heterocycles. The molecule has 0 fully saturated rings. The highest BCUT2D eigenvalue weighted by Crippen LogP contribution is 2.23. The number of anilines is 1. The molecule has 4 heteroatoms. The Hall–Kier alpha value is -2.62. The molecule has 2 N–H and O–H groups in total. The number of carboxylic acids is 1. The molecule has 1 amide bonds. The molecule has 2 rings (SSSR count). The third-order valence-corrected chi connectivity index (χ3v) is 3.70. The topological polar surface area (TPSA) is 66.4 Å². The van der Waals surface area contributed by atoms with E-state index in [0.717, 1.165) is 16.8 Å². The van der Waals surface area contributed by atoms with Crippen molar-refractivity contribution in [3.05, 3.63) is 65.2 Å². The van der Waals surface area contributed by atoms with Crippen molar-refractivity contribution in [2.24, 2.45) is 0 Å². The summed E-state index contributed by atoms with van der Waals surface area (Å²) in [5.41, 5.74) is 3.17. The summed E-state index contributed by atoms with van der Waals surface area (Å²) >= 11 is 0. The Kier molecular flexibility index (Phi) is 5.52. The van der Waals surface area contributed by atoms with Crippen LogP contribution < -0.4 is 5.32 Å². The first kappa shape index (κ1) is 16.7. The molecule has 2 aromatic rings. The molecule has 0 radical (unpaired) electrons. The summed E-state index contributed by atoms with van der Waals surface area (Å²) in [6, 6.07) is 14.4. The van der Waals surface area contributed by atoms with Crippen molar-refractivity contribution in [2.75, 3.05) is 5.32 Å². The molecule has 4 nitrogen and oxygen atoms in total. The summed E-state index contributed by atoms with van der Waals surface area (Å²) in [6.45, 7) is 4.18. The zero-order valence-electron chi connectivity index (χ0n) is 13.4. The molecular weight excluding hydrogens is 290 g/mol. The van der Waals surface area contributed by atoms with Crippen LogP contribution in [0.1, 0.15) is 47.7 Å². The molecule has 0 unspecified atom stereocenters. The summed E-state index contributed by atoms with van der Waals surface area (Å²) in [7, 11) is 0. The summed E-state index contributed by atoms with van der Waals surface area (Å²) in [5, 5.41) is 11.8. The molecule has 0 aliphatic heterocycles. The predicted octanol–water partition coefficient (Wildman–Crippen LogP) is 4.08. The lowest BCUT2D eigenvalue weighted by Crippen LogP contribution is -2.14. The van der Waals surface area contributed by atoms with Crippen LogP contribution in [0.3, 0.4) is 0 Å². The molecule has 0 atom stereocenters. The first-order valence-corrected chi connectivity index (χ1v) is 7.68. The highest BCUT2D eigenvalue weighted by atomic mass is 16.4. The van der Waals surface area contributed by atoms with Gasteiger partial charge >= 0.3 is 5.97 Å². The van der Waals surface area contributed by atoms with Crippen LogP contribution in [-0.4, -0.2) is 17.0 Å². The molecule has 23 heavy (non-hydrogen) atoms. The molecular formula is C19H21NO3. The van der Waals surface area contributed by atoms with Crippen LogP contribution in [0.5, 0.6) is 0 Å². The van der Waals surface area contributed by atoms with Gasteiger partial charge in [0.05, 0.1) is 5.56 Å². The molecule has 0 saturated heterocycles. The van der Waals surface area contributed by atoms with Gasteiger partial charge in [-0.2, -0.15) is 0 Å². The molecule has 0 aromatic heterocycles. The maximum absolute atomic E-state index is 12.1. The van der Waals surface area contributed by atoms with Crippen LogP contribution in [0.15, 0.2) is 48.5 Å². The fraction of sp³-hybridized carbons (Fsp3) is 0.263. The number of benzene rings is 2. The fourth-order valence-corrected chi connectivity index (χ4v) is 2.40. The van der Waals surface area contributed by atoms with Crippen molar-refractivity contribution in [1.29, 1.82) is 0 Å². The minimum Gasteiger partial charge on any atom is -0.478 e. The zero-order valence-corrected chi connectivity index (χ0v) is 13.4. The number of rotatable bonds is 6. The van der Waals surface area contributed by atoms with E-state index in [0.29, 0.717) is 18.8 Å². The van der Waals surface area contributed by atoms with Crippen molar-refractivity contribution in [1.82, 2.24) is 0 Å². The van der Waals surface area contributed by atoms with Gasteiger partial charge in [0.1, 0.15) is 0 Å². The SMILES string of the molecule is CC(C)c1ccccc1NC(=O)CCc1ccc(C(=O)O)cc1. The summed E-state index contributed by atoms with van der Waals surface area (Å²) in [6.07, 6.45) is 0.939. The van der Waals surface area contributed by atoms with Gasteiger partial charge in [-0.1, -0.05) is 44.2 Å². The van der Waals surface area contributed by atoms with Gasteiger partial charge in [0.25, 0.3) is 0 Å². The quantitative estimate of drug-likeness (QED) is 0.844. The van der Waals surface area contributed by atoms with Crippen LogP contribution in [-0.2, 0) is 11.2 Å². The molecule has 120 valence electrons. The Bertz CT molecular complexity index is 690. The summed E-state index contributed by atoms with van der Waals surface area (Å²) in [5.74, 6) is -0.643. The first-order valence-electron chi connectivity index (χ1n) is 7.68. The van der Waals surface area contributed by atoms with Crippen molar-refractivity contribution >= 4 is 17.6 Å². The van der Waals surface area contributed by atoms with E-state index in [1.54, 1.807) is 24.3 Å². The maximum Gasteiger partial charge on any atom is 0.335 e. The van der Waals surface area contributed by atoms with Gasteiger partial charge in [-0.15, -0.1) is 0 Å². The van der Waals surface area contributed by atoms with Crippen molar-refractivity contribution in [3.8, 4) is 0 Å². The Balaban J connectivity index is 1.94. The zero-order chi connectivity index (χ0) is 16.8. The summed E-state index contributed by atoms with van der Waals surface area (Å²) < 4.78 is 0. The maximum atomic E-state index is 12.1. The standard InChI is InChI=1S/C19H21NO3/c1-13(2)16-5-3-4-6-17(16)20-18(21)12-9-14-7-10-15(11-8-14)19(22)23/h3-8,10-11,13H,9,12H2,1-2H3,(H,20,21)(H,22,23).